The number of aryl methyl sites for hydroxylation is 2. The van der Waals surface area contributed by atoms with Crippen LogP contribution < -0.4 is 10.6 Å². The topological polar surface area (TPSA) is 87.5 Å². The third kappa shape index (κ3) is 3.58. The van der Waals surface area contributed by atoms with Crippen LogP contribution in [-0.2, 0) is 11.3 Å². The number of hydrogen-bond donors (Lipinski definition) is 2. The van der Waals surface area contributed by atoms with Crippen molar-refractivity contribution in [2.24, 2.45) is 0 Å². The van der Waals surface area contributed by atoms with Crippen LogP contribution in [0.15, 0.2) is 4.52 Å². The second-order valence-electron chi connectivity index (χ2n) is 6.71. The monoisotopic (exact) mass is 308 g/mol. The molecule has 122 valence electrons. The Morgan fingerprint density at radius 1 is 1.41 bits per heavy atom. The largest absolute Gasteiger partial charge is 0.361 e. The molecule has 1 aliphatic heterocycles. The van der Waals surface area contributed by atoms with Gasteiger partial charge in [-0.3, -0.25) is 4.79 Å². The molecule has 1 saturated heterocycles. The van der Waals surface area contributed by atoms with Gasteiger partial charge in [0, 0.05) is 30.6 Å². The molecule has 0 spiro atoms. The summed E-state index contributed by atoms with van der Waals surface area (Å²) in [6.45, 7) is 10.5. The first-order valence-corrected chi connectivity index (χ1v) is 7.45. The SMILES string of the molecule is Cc1noc(C)c1CNC(=O)N[C@@H]1CC(=O)N(C(C)(C)C)C1. The normalized spacial score (nSPS) is 18.7. The molecule has 0 aliphatic carbocycles. The summed E-state index contributed by atoms with van der Waals surface area (Å²) in [7, 11) is 0. The van der Waals surface area contributed by atoms with E-state index in [0.717, 1.165) is 11.3 Å². The van der Waals surface area contributed by atoms with E-state index in [1.807, 2.05) is 34.6 Å². The highest BCUT2D eigenvalue weighted by Gasteiger charge is 2.36. The molecule has 2 heterocycles. The van der Waals surface area contributed by atoms with E-state index < -0.39 is 0 Å². The number of nitrogens with zero attached hydrogens (tertiary/aromatic N) is 2. The molecule has 2 rings (SSSR count). The second-order valence-corrected chi connectivity index (χ2v) is 6.71. The van der Waals surface area contributed by atoms with Crippen molar-refractivity contribution in [3.05, 3.63) is 17.0 Å². The van der Waals surface area contributed by atoms with E-state index in [1.54, 1.807) is 4.90 Å². The molecule has 0 unspecified atom stereocenters. The van der Waals surface area contributed by atoms with Crippen molar-refractivity contribution in [3.63, 3.8) is 0 Å². The average Bonchev–Trinajstić information content (AvgIpc) is 2.91. The standard InChI is InChI=1S/C15H24N4O3/c1-9-12(10(2)22-18-9)7-16-14(21)17-11-6-13(20)19(8-11)15(3,4)5/h11H,6-8H2,1-5H3,(H2,16,17,21)/t11-/m1/s1. The quantitative estimate of drug-likeness (QED) is 0.885. The fourth-order valence-corrected chi connectivity index (χ4v) is 2.61. The maximum atomic E-state index is 12.0. The van der Waals surface area contributed by atoms with E-state index in [9.17, 15) is 9.59 Å². The van der Waals surface area contributed by atoms with Crippen LogP contribution in [-0.4, -0.2) is 40.1 Å². The van der Waals surface area contributed by atoms with Gasteiger partial charge in [-0.05, 0) is 34.6 Å². The van der Waals surface area contributed by atoms with Gasteiger partial charge in [-0.15, -0.1) is 0 Å². The van der Waals surface area contributed by atoms with E-state index in [4.69, 9.17) is 4.52 Å². The van der Waals surface area contributed by atoms with Crippen molar-refractivity contribution in [2.75, 3.05) is 6.54 Å². The minimum absolute atomic E-state index is 0.0727. The summed E-state index contributed by atoms with van der Waals surface area (Å²) in [5.74, 6) is 0.774. The number of rotatable bonds is 3. The molecule has 0 aromatic carbocycles. The van der Waals surface area contributed by atoms with Crippen LogP contribution in [0.1, 0.15) is 44.2 Å². The summed E-state index contributed by atoms with van der Waals surface area (Å²) in [6, 6.07) is -0.440. The zero-order valence-corrected chi connectivity index (χ0v) is 13.8. The second kappa shape index (κ2) is 5.98. The van der Waals surface area contributed by atoms with E-state index >= 15 is 0 Å². The summed E-state index contributed by atoms with van der Waals surface area (Å²) >= 11 is 0. The molecule has 0 saturated carbocycles. The van der Waals surface area contributed by atoms with Crippen LogP contribution in [0, 0.1) is 13.8 Å². The average molecular weight is 308 g/mol. The number of nitrogens with one attached hydrogen (secondary N) is 2. The Morgan fingerprint density at radius 3 is 2.59 bits per heavy atom. The predicted octanol–water partition coefficient (Wildman–Crippen LogP) is 1.49. The van der Waals surface area contributed by atoms with Gasteiger partial charge in [-0.2, -0.15) is 0 Å². The Morgan fingerprint density at radius 2 is 2.09 bits per heavy atom. The molecular formula is C15H24N4O3. The molecule has 0 radical (unpaired) electrons. The molecule has 7 nitrogen and oxygen atoms in total. The van der Waals surface area contributed by atoms with Crippen molar-refractivity contribution >= 4 is 11.9 Å². The van der Waals surface area contributed by atoms with E-state index in [0.29, 0.717) is 25.3 Å². The molecule has 1 aliphatic rings. The predicted molar refractivity (Wildman–Crippen MR) is 81.2 cm³/mol. The lowest BCUT2D eigenvalue weighted by Gasteiger charge is -2.32. The molecule has 22 heavy (non-hydrogen) atoms. The maximum Gasteiger partial charge on any atom is 0.315 e. The highest BCUT2D eigenvalue weighted by atomic mass is 16.5. The summed E-state index contributed by atoms with van der Waals surface area (Å²) in [4.78, 5) is 25.8. The first-order chi connectivity index (χ1) is 10.2. The smallest absolute Gasteiger partial charge is 0.315 e. The number of amides is 3. The fourth-order valence-electron chi connectivity index (χ4n) is 2.61. The third-order valence-electron chi connectivity index (χ3n) is 3.88. The number of hydrogen-bond acceptors (Lipinski definition) is 4. The number of likely N-dealkylation sites (tertiary alicyclic amines) is 1. The van der Waals surface area contributed by atoms with Crippen LogP contribution in [0.25, 0.3) is 0 Å². The zero-order valence-electron chi connectivity index (χ0n) is 13.8. The minimum Gasteiger partial charge on any atom is -0.361 e. The van der Waals surface area contributed by atoms with Crippen LogP contribution in [0.2, 0.25) is 0 Å². The van der Waals surface area contributed by atoms with Crippen LogP contribution in [0.5, 0.6) is 0 Å². The first-order valence-electron chi connectivity index (χ1n) is 7.45. The van der Waals surface area contributed by atoms with Crippen LogP contribution >= 0.6 is 0 Å². The maximum absolute atomic E-state index is 12.0. The highest BCUT2D eigenvalue weighted by Crippen LogP contribution is 2.21. The van der Waals surface area contributed by atoms with Gasteiger partial charge in [0.25, 0.3) is 0 Å². The minimum atomic E-state index is -0.284. The number of aromatic nitrogens is 1. The van der Waals surface area contributed by atoms with Gasteiger partial charge in [-0.1, -0.05) is 5.16 Å². The Kier molecular flexibility index (Phi) is 4.44. The molecule has 0 bridgehead atoms. The van der Waals surface area contributed by atoms with Gasteiger partial charge in [0.2, 0.25) is 5.91 Å². The first kappa shape index (κ1) is 16.3. The third-order valence-corrected chi connectivity index (χ3v) is 3.88. The lowest BCUT2D eigenvalue weighted by Crippen LogP contribution is -2.46. The molecule has 1 aromatic heterocycles. The van der Waals surface area contributed by atoms with Crippen molar-refractivity contribution in [2.45, 2.75) is 59.2 Å². The molecule has 1 fully saturated rings. The molecule has 7 heteroatoms. The number of carbonyl (C=O) groups is 2. The van der Waals surface area contributed by atoms with Gasteiger partial charge in [0.1, 0.15) is 5.76 Å². The Bertz CT molecular complexity index is 554. The Labute approximate surface area is 130 Å². The number of carbonyl (C=O) groups excluding carboxylic acids is 2. The molecule has 1 atom stereocenters. The lowest BCUT2D eigenvalue weighted by molar-refractivity contribution is -0.131. The molecule has 3 amide bonds. The van der Waals surface area contributed by atoms with Crippen LogP contribution in [0.3, 0.4) is 0 Å². The van der Waals surface area contributed by atoms with Crippen molar-refractivity contribution in [3.8, 4) is 0 Å². The van der Waals surface area contributed by atoms with Crippen molar-refractivity contribution in [1.29, 1.82) is 0 Å². The highest BCUT2D eigenvalue weighted by molar-refractivity contribution is 5.82. The summed E-state index contributed by atoms with van der Waals surface area (Å²) in [6.07, 6.45) is 0.343. The Hall–Kier alpha value is -2.05. The van der Waals surface area contributed by atoms with Gasteiger partial charge >= 0.3 is 6.03 Å². The summed E-state index contributed by atoms with van der Waals surface area (Å²) in [5, 5.41) is 9.48. The summed E-state index contributed by atoms with van der Waals surface area (Å²) in [5.41, 5.74) is 1.43. The molecule has 2 N–H and O–H groups in total. The van der Waals surface area contributed by atoms with Crippen LogP contribution in [0.4, 0.5) is 4.79 Å². The number of urea groups is 1. The van der Waals surface area contributed by atoms with Crippen molar-refractivity contribution < 1.29 is 14.1 Å². The Balaban J connectivity index is 1.85. The van der Waals surface area contributed by atoms with Gasteiger partial charge in [0.05, 0.1) is 11.7 Å². The lowest BCUT2D eigenvalue weighted by atomic mass is 10.1. The fraction of sp³-hybridized carbons (Fsp3) is 0.667. The van der Waals surface area contributed by atoms with Gasteiger partial charge in [0.15, 0.2) is 0 Å². The van der Waals surface area contributed by atoms with E-state index in [2.05, 4.69) is 15.8 Å². The van der Waals surface area contributed by atoms with E-state index in [-0.39, 0.29) is 23.5 Å². The van der Waals surface area contributed by atoms with E-state index in [1.165, 1.54) is 0 Å². The molecule has 1 aromatic rings. The van der Waals surface area contributed by atoms with Gasteiger partial charge in [-0.25, -0.2) is 4.79 Å². The zero-order chi connectivity index (χ0) is 16.5. The molecular weight excluding hydrogens is 284 g/mol. The van der Waals surface area contributed by atoms with Gasteiger partial charge < -0.3 is 20.1 Å². The van der Waals surface area contributed by atoms with Crippen molar-refractivity contribution in [1.82, 2.24) is 20.7 Å². The summed E-state index contributed by atoms with van der Waals surface area (Å²) < 4.78 is 5.05.